The largest absolute Gasteiger partial charge is 0.374 e. The van der Waals surface area contributed by atoms with E-state index in [4.69, 9.17) is 10.6 Å². The van der Waals surface area contributed by atoms with Gasteiger partial charge in [0.15, 0.2) is 0 Å². The zero-order valence-electron chi connectivity index (χ0n) is 13.9. The van der Waals surface area contributed by atoms with Gasteiger partial charge < -0.3 is 4.74 Å². The molecule has 0 aliphatic rings. The van der Waals surface area contributed by atoms with Crippen LogP contribution in [0.4, 0.5) is 0 Å². The van der Waals surface area contributed by atoms with E-state index in [1.54, 1.807) is 0 Å². The minimum absolute atomic E-state index is 0.0464. The average Bonchev–Trinajstić information content (AvgIpc) is 2.77. The van der Waals surface area contributed by atoms with Gasteiger partial charge in [0.1, 0.15) is 0 Å². The van der Waals surface area contributed by atoms with Crippen LogP contribution >= 0.6 is 15.9 Å². The Hall–Kier alpha value is -0.430. The molecule has 0 spiro atoms. The molecule has 0 saturated heterocycles. The number of ether oxygens (including phenoxy) is 1. The lowest BCUT2D eigenvalue weighted by Gasteiger charge is -2.39. The predicted octanol–water partition coefficient (Wildman–Crippen LogP) is 2.94. The lowest BCUT2D eigenvalue weighted by Crippen LogP contribution is -2.55. The summed E-state index contributed by atoms with van der Waals surface area (Å²) in [6.07, 6.45) is 2.62. The molecular formula is C15H29BrN4O. The average molecular weight is 361 g/mol. The van der Waals surface area contributed by atoms with Crippen LogP contribution in [0.15, 0.2) is 4.47 Å². The molecule has 0 aliphatic carbocycles. The molecule has 3 N–H and O–H groups in total. The highest BCUT2D eigenvalue weighted by Gasteiger charge is 2.37. The minimum Gasteiger partial charge on any atom is -0.374 e. The van der Waals surface area contributed by atoms with Gasteiger partial charge in [0.2, 0.25) is 0 Å². The molecule has 0 amide bonds. The standard InChI is InChI=1S/C15H29BrN4O/c1-6-15(7-2,21-9-4)13(18-17)10-12-14(16)11(5)19-20(12)8-3/h13,18H,6-10,17H2,1-5H3. The van der Waals surface area contributed by atoms with Crippen LogP contribution in [-0.4, -0.2) is 28.0 Å². The molecule has 1 aromatic heterocycles. The zero-order chi connectivity index (χ0) is 16.0. The van der Waals surface area contributed by atoms with Crippen molar-refractivity contribution in [3.05, 3.63) is 15.9 Å². The lowest BCUT2D eigenvalue weighted by atomic mass is 9.85. The SMILES string of the molecule is CCOC(CC)(CC)C(Cc1c(Br)c(C)nn1CC)NN. The van der Waals surface area contributed by atoms with Crippen LogP contribution in [0.5, 0.6) is 0 Å². The molecule has 6 heteroatoms. The van der Waals surface area contributed by atoms with Gasteiger partial charge in [0, 0.05) is 19.6 Å². The van der Waals surface area contributed by atoms with Crippen molar-refractivity contribution in [1.82, 2.24) is 15.2 Å². The van der Waals surface area contributed by atoms with Gasteiger partial charge in [-0.25, -0.2) is 0 Å². The van der Waals surface area contributed by atoms with Gasteiger partial charge in [-0.15, -0.1) is 0 Å². The number of aromatic nitrogens is 2. The lowest BCUT2D eigenvalue weighted by molar-refractivity contribution is -0.0723. The first-order chi connectivity index (χ1) is 9.99. The Kier molecular flexibility index (Phi) is 7.33. The summed E-state index contributed by atoms with van der Waals surface area (Å²) in [7, 11) is 0. The Morgan fingerprint density at radius 1 is 1.33 bits per heavy atom. The van der Waals surface area contributed by atoms with E-state index in [9.17, 15) is 0 Å². The van der Waals surface area contributed by atoms with Gasteiger partial charge in [-0.1, -0.05) is 13.8 Å². The van der Waals surface area contributed by atoms with Crippen molar-refractivity contribution < 1.29 is 4.74 Å². The number of halogens is 1. The molecule has 122 valence electrons. The van der Waals surface area contributed by atoms with Crippen molar-refractivity contribution >= 4 is 15.9 Å². The second kappa shape index (κ2) is 8.27. The maximum absolute atomic E-state index is 6.09. The molecule has 0 bridgehead atoms. The zero-order valence-corrected chi connectivity index (χ0v) is 15.5. The first kappa shape index (κ1) is 18.6. The molecule has 1 rings (SSSR count). The molecular weight excluding hydrogens is 332 g/mol. The summed E-state index contributed by atoms with van der Waals surface area (Å²) in [6, 6.07) is 0.0464. The Bertz CT molecular complexity index is 443. The molecule has 1 aromatic rings. The third-order valence-corrected chi connectivity index (χ3v) is 5.35. The maximum atomic E-state index is 6.09. The third-order valence-electron chi connectivity index (χ3n) is 4.32. The van der Waals surface area contributed by atoms with Crippen molar-refractivity contribution in [2.75, 3.05) is 6.61 Å². The molecule has 0 aromatic carbocycles. The maximum Gasteiger partial charge on any atom is 0.0846 e. The van der Waals surface area contributed by atoms with E-state index in [0.717, 1.165) is 36.0 Å². The normalized spacial score (nSPS) is 13.7. The monoisotopic (exact) mass is 360 g/mol. The van der Waals surface area contributed by atoms with Crippen LogP contribution < -0.4 is 11.3 Å². The highest BCUT2D eigenvalue weighted by Crippen LogP contribution is 2.30. The second-order valence-electron chi connectivity index (χ2n) is 5.29. The molecule has 1 atom stereocenters. The third kappa shape index (κ3) is 3.86. The van der Waals surface area contributed by atoms with E-state index >= 15 is 0 Å². The number of nitrogens with two attached hydrogens (primary N) is 1. The van der Waals surface area contributed by atoms with Crippen LogP contribution in [-0.2, 0) is 17.7 Å². The Labute approximate surface area is 136 Å². The number of nitrogens with zero attached hydrogens (tertiary/aromatic N) is 2. The van der Waals surface area contributed by atoms with Crippen molar-refractivity contribution in [1.29, 1.82) is 0 Å². The number of hydrazine groups is 1. The molecule has 1 unspecified atom stereocenters. The van der Waals surface area contributed by atoms with Crippen LogP contribution in [0.2, 0.25) is 0 Å². The van der Waals surface area contributed by atoms with Crippen LogP contribution in [0.1, 0.15) is 51.9 Å². The van der Waals surface area contributed by atoms with Crippen molar-refractivity contribution in [3.63, 3.8) is 0 Å². The number of hydrogen-bond donors (Lipinski definition) is 2. The topological polar surface area (TPSA) is 65.1 Å². The first-order valence-electron chi connectivity index (χ1n) is 7.81. The minimum atomic E-state index is -0.250. The summed E-state index contributed by atoms with van der Waals surface area (Å²) >= 11 is 3.66. The number of nitrogens with one attached hydrogen (secondary N) is 1. The molecule has 5 nitrogen and oxygen atoms in total. The molecule has 0 fully saturated rings. The molecule has 21 heavy (non-hydrogen) atoms. The van der Waals surface area contributed by atoms with Gasteiger partial charge >= 0.3 is 0 Å². The van der Waals surface area contributed by atoms with Crippen molar-refractivity contribution in [2.24, 2.45) is 5.84 Å². The van der Waals surface area contributed by atoms with Crippen molar-refractivity contribution in [3.8, 4) is 0 Å². The van der Waals surface area contributed by atoms with Gasteiger partial charge in [-0.2, -0.15) is 5.10 Å². The molecule has 1 heterocycles. The summed E-state index contributed by atoms with van der Waals surface area (Å²) in [5.74, 6) is 5.86. The van der Waals surface area contributed by atoms with E-state index < -0.39 is 0 Å². The smallest absolute Gasteiger partial charge is 0.0846 e. The van der Waals surface area contributed by atoms with Gasteiger partial charge in [0.25, 0.3) is 0 Å². The van der Waals surface area contributed by atoms with Crippen LogP contribution in [0.3, 0.4) is 0 Å². The Morgan fingerprint density at radius 3 is 2.38 bits per heavy atom. The summed E-state index contributed by atoms with van der Waals surface area (Å²) in [5.41, 5.74) is 4.91. The van der Waals surface area contributed by atoms with E-state index in [2.05, 4.69) is 47.2 Å². The van der Waals surface area contributed by atoms with E-state index in [1.807, 2.05) is 18.5 Å². The number of rotatable bonds is 9. The molecule has 0 aliphatic heterocycles. The fourth-order valence-corrected chi connectivity index (χ4v) is 3.43. The highest BCUT2D eigenvalue weighted by molar-refractivity contribution is 9.10. The quantitative estimate of drug-likeness (QED) is 0.524. The van der Waals surface area contributed by atoms with Crippen LogP contribution in [0, 0.1) is 6.92 Å². The molecule has 0 radical (unpaired) electrons. The summed E-state index contributed by atoms with van der Waals surface area (Å²) < 4.78 is 9.19. The fraction of sp³-hybridized carbons (Fsp3) is 0.800. The van der Waals surface area contributed by atoms with E-state index in [0.29, 0.717) is 6.61 Å². The Morgan fingerprint density at radius 2 is 1.95 bits per heavy atom. The van der Waals surface area contributed by atoms with E-state index in [-0.39, 0.29) is 11.6 Å². The highest BCUT2D eigenvalue weighted by atomic mass is 79.9. The summed E-state index contributed by atoms with van der Waals surface area (Å²) in [4.78, 5) is 0. The van der Waals surface area contributed by atoms with Crippen LogP contribution in [0.25, 0.3) is 0 Å². The second-order valence-corrected chi connectivity index (χ2v) is 6.08. The van der Waals surface area contributed by atoms with Gasteiger partial charge in [-0.3, -0.25) is 16.0 Å². The van der Waals surface area contributed by atoms with Crippen molar-refractivity contribution in [2.45, 2.75) is 72.1 Å². The first-order valence-corrected chi connectivity index (χ1v) is 8.60. The Balaban J connectivity index is 3.11. The number of hydrogen-bond acceptors (Lipinski definition) is 4. The predicted molar refractivity (Wildman–Crippen MR) is 90.1 cm³/mol. The van der Waals surface area contributed by atoms with E-state index in [1.165, 1.54) is 5.69 Å². The molecule has 0 saturated carbocycles. The summed E-state index contributed by atoms with van der Waals surface area (Å²) in [6.45, 7) is 12.0. The van der Waals surface area contributed by atoms with Gasteiger partial charge in [-0.05, 0) is 49.5 Å². The summed E-state index contributed by atoms with van der Waals surface area (Å²) in [5, 5.41) is 4.56. The van der Waals surface area contributed by atoms with Gasteiger partial charge in [0.05, 0.1) is 27.5 Å². The fourth-order valence-electron chi connectivity index (χ4n) is 2.99. The number of aryl methyl sites for hydroxylation is 2.